The fraction of sp³-hybridized carbons (Fsp3) is 0.700. The minimum Gasteiger partial charge on any atom is -0.381 e. The molecule has 0 saturated carbocycles. The lowest BCUT2D eigenvalue weighted by Crippen LogP contribution is -2.27. The normalized spacial score (nSPS) is 12.2. The third kappa shape index (κ3) is 3.71. The topological polar surface area (TPSA) is 90.0 Å². The summed E-state index contributed by atoms with van der Waals surface area (Å²) in [5, 5.41) is 3.97. The van der Waals surface area contributed by atoms with E-state index in [2.05, 4.69) is 9.82 Å². The van der Waals surface area contributed by atoms with E-state index in [4.69, 9.17) is 5.73 Å². The highest BCUT2D eigenvalue weighted by Crippen LogP contribution is 2.16. The predicted molar refractivity (Wildman–Crippen MR) is 67.0 cm³/mol. The lowest BCUT2D eigenvalue weighted by Gasteiger charge is -2.07. The average Bonchev–Trinajstić information content (AvgIpc) is 2.58. The van der Waals surface area contributed by atoms with Crippen molar-refractivity contribution in [2.75, 3.05) is 12.3 Å². The van der Waals surface area contributed by atoms with Crippen LogP contribution >= 0.6 is 0 Å². The zero-order valence-corrected chi connectivity index (χ0v) is 11.3. The highest BCUT2D eigenvalue weighted by atomic mass is 32.2. The van der Waals surface area contributed by atoms with Gasteiger partial charge >= 0.3 is 0 Å². The Morgan fingerprint density at radius 1 is 1.53 bits per heavy atom. The minimum absolute atomic E-state index is 0.0507. The Morgan fingerprint density at radius 2 is 2.18 bits per heavy atom. The van der Waals surface area contributed by atoms with Crippen molar-refractivity contribution in [2.24, 2.45) is 5.92 Å². The van der Waals surface area contributed by atoms with E-state index in [0.717, 1.165) is 6.42 Å². The van der Waals surface area contributed by atoms with Gasteiger partial charge in [0.05, 0.1) is 0 Å². The Labute approximate surface area is 102 Å². The van der Waals surface area contributed by atoms with Gasteiger partial charge in [0, 0.05) is 19.3 Å². The lowest BCUT2D eigenvalue weighted by atomic mass is 10.2. The summed E-state index contributed by atoms with van der Waals surface area (Å²) in [6.45, 7) is 6.91. The predicted octanol–water partition coefficient (Wildman–Crippen LogP) is 0.810. The molecule has 0 atom stereocenters. The molecule has 1 heterocycles. The summed E-state index contributed by atoms with van der Waals surface area (Å²) in [5.41, 5.74) is 5.61. The highest BCUT2D eigenvalue weighted by Gasteiger charge is 2.20. The molecule has 0 bridgehead atoms. The van der Waals surface area contributed by atoms with Gasteiger partial charge in [-0.3, -0.25) is 4.68 Å². The van der Waals surface area contributed by atoms with Crippen molar-refractivity contribution in [1.82, 2.24) is 14.5 Å². The van der Waals surface area contributed by atoms with Crippen LogP contribution in [-0.2, 0) is 16.6 Å². The number of aryl methyl sites for hydroxylation is 1. The number of sulfonamides is 1. The van der Waals surface area contributed by atoms with Gasteiger partial charge in [-0.1, -0.05) is 20.8 Å². The molecule has 0 fully saturated rings. The molecular weight excluding hydrogens is 240 g/mol. The number of nitrogens with zero attached hydrogens (tertiary/aromatic N) is 2. The zero-order valence-electron chi connectivity index (χ0n) is 10.5. The number of hydrogen-bond donors (Lipinski definition) is 2. The van der Waals surface area contributed by atoms with Crippen molar-refractivity contribution in [3.05, 3.63) is 6.20 Å². The van der Waals surface area contributed by atoms with E-state index in [0.29, 0.717) is 13.1 Å². The molecule has 98 valence electrons. The van der Waals surface area contributed by atoms with Crippen LogP contribution < -0.4 is 10.5 Å². The first-order chi connectivity index (χ1) is 7.86. The lowest BCUT2D eigenvalue weighted by molar-refractivity contribution is 0.559. The highest BCUT2D eigenvalue weighted by molar-refractivity contribution is 7.89. The molecule has 0 aromatic carbocycles. The summed E-state index contributed by atoms with van der Waals surface area (Å²) >= 11 is 0. The molecule has 7 heteroatoms. The van der Waals surface area contributed by atoms with Gasteiger partial charge in [-0.05, 0) is 12.3 Å². The van der Waals surface area contributed by atoms with Crippen molar-refractivity contribution in [1.29, 1.82) is 0 Å². The smallest absolute Gasteiger partial charge is 0.245 e. The molecule has 1 aromatic rings. The summed E-state index contributed by atoms with van der Waals surface area (Å²) in [6.07, 6.45) is 2.35. The van der Waals surface area contributed by atoms with Crippen LogP contribution in [0.3, 0.4) is 0 Å². The number of nitrogen functional groups attached to an aromatic ring is 1. The van der Waals surface area contributed by atoms with Crippen molar-refractivity contribution in [3.8, 4) is 0 Å². The third-order valence-electron chi connectivity index (χ3n) is 2.18. The molecule has 0 aliphatic carbocycles. The van der Waals surface area contributed by atoms with Crippen LogP contribution in [0.4, 0.5) is 5.82 Å². The van der Waals surface area contributed by atoms with E-state index in [1.807, 2.05) is 20.8 Å². The van der Waals surface area contributed by atoms with Crippen molar-refractivity contribution in [2.45, 2.75) is 38.6 Å². The molecule has 0 unspecified atom stereocenters. The summed E-state index contributed by atoms with van der Waals surface area (Å²) in [4.78, 5) is 0.0617. The van der Waals surface area contributed by atoms with E-state index in [1.165, 1.54) is 6.20 Å². The Hall–Kier alpha value is -1.08. The number of anilines is 1. The van der Waals surface area contributed by atoms with Crippen molar-refractivity contribution in [3.63, 3.8) is 0 Å². The van der Waals surface area contributed by atoms with Gasteiger partial charge in [0.2, 0.25) is 10.0 Å². The van der Waals surface area contributed by atoms with Crippen molar-refractivity contribution < 1.29 is 8.42 Å². The number of rotatable bonds is 6. The first-order valence-electron chi connectivity index (χ1n) is 5.69. The summed E-state index contributed by atoms with van der Waals surface area (Å²) in [7, 11) is -3.54. The Bertz CT molecular complexity index is 465. The second kappa shape index (κ2) is 5.50. The van der Waals surface area contributed by atoms with Gasteiger partial charge in [-0.25, -0.2) is 13.1 Å². The van der Waals surface area contributed by atoms with Gasteiger partial charge in [0.25, 0.3) is 0 Å². The van der Waals surface area contributed by atoms with E-state index in [-0.39, 0.29) is 16.6 Å². The van der Waals surface area contributed by atoms with Crippen LogP contribution in [-0.4, -0.2) is 24.7 Å². The monoisotopic (exact) mass is 260 g/mol. The molecule has 1 aromatic heterocycles. The average molecular weight is 260 g/mol. The molecule has 17 heavy (non-hydrogen) atoms. The molecular formula is C10H20N4O2S. The summed E-state index contributed by atoms with van der Waals surface area (Å²) in [6, 6.07) is 0. The Balaban J connectivity index is 2.90. The number of hydrogen-bond acceptors (Lipinski definition) is 4. The first kappa shape index (κ1) is 14.0. The van der Waals surface area contributed by atoms with Gasteiger partial charge in [0.15, 0.2) is 5.82 Å². The molecule has 1 rings (SSSR count). The van der Waals surface area contributed by atoms with Gasteiger partial charge in [0.1, 0.15) is 4.90 Å². The second-order valence-electron chi connectivity index (χ2n) is 4.39. The summed E-state index contributed by atoms with van der Waals surface area (Å²) in [5.74, 6) is 0.298. The quantitative estimate of drug-likeness (QED) is 0.792. The number of nitrogens with one attached hydrogen (secondary N) is 1. The Kier molecular flexibility index (Phi) is 4.53. The molecule has 0 spiro atoms. The van der Waals surface area contributed by atoms with Gasteiger partial charge in [-0.15, -0.1) is 0 Å². The molecule has 0 amide bonds. The van der Waals surface area contributed by atoms with E-state index >= 15 is 0 Å². The van der Waals surface area contributed by atoms with Crippen LogP contribution in [0.15, 0.2) is 11.1 Å². The molecule has 3 N–H and O–H groups in total. The van der Waals surface area contributed by atoms with E-state index in [1.54, 1.807) is 4.68 Å². The van der Waals surface area contributed by atoms with Crippen LogP contribution in [0.2, 0.25) is 0 Å². The van der Waals surface area contributed by atoms with Crippen LogP contribution in [0.25, 0.3) is 0 Å². The molecule has 0 radical (unpaired) electrons. The number of aromatic nitrogens is 2. The standard InChI is InChI=1S/C10H20N4O2S/c1-4-5-14-7-9(10(11)13-14)17(15,16)12-6-8(2)3/h7-8,12H,4-6H2,1-3H3,(H2,11,13). The van der Waals surface area contributed by atoms with E-state index < -0.39 is 10.0 Å². The maximum atomic E-state index is 11.9. The molecule has 6 nitrogen and oxygen atoms in total. The maximum Gasteiger partial charge on any atom is 0.245 e. The SMILES string of the molecule is CCCn1cc(S(=O)(=O)NCC(C)C)c(N)n1. The molecule has 0 saturated heterocycles. The fourth-order valence-electron chi connectivity index (χ4n) is 1.32. The van der Waals surface area contributed by atoms with Gasteiger partial charge < -0.3 is 5.73 Å². The van der Waals surface area contributed by atoms with E-state index in [9.17, 15) is 8.42 Å². The molecule has 0 aliphatic heterocycles. The van der Waals surface area contributed by atoms with Crippen molar-refractivity contribution >= 4 is 15.8 Å². The van der Waals surface area contributed by atoms with Gasteiger partial charge in [-0.2, -0.15) is 5.10 Å². The fourth-order valence-corrected chi connectivity index (χ4v) is 2.61. The zero-order chi connectivity index (χ0) is 13.1. The largest absolute Gasteiger partial charge is 0.381 e. The van der Waals surface area contributed by atoms with Crippen LogP contribution in [0.5, 0.6) is 0 Å². The maximum absolute atomic E-state index is 11.9. The second-order valence-corrected chi connectivity index (χ2v) is 6.12. The van der Waals surface area contributed by atoms with Crippen LogP contribution in [0.1, 0.15) is 27.2 Å². The first-order valence-corrected chi connectivity index (χ1v) is 7.17. The third-order valence-corrected chi connectivity index (χ3v) is 3.62. The minimum atomic E-state index is -3.54. The van der Waals surface area contributed by atoms with Crippen LogP contribution in [0, 0.1) is 5.92 Å². The number of nitrogens with two attached hydrogens (primary N) is 1. The Morgan fingerprint density at radius 3 is 2.71 bits per heavy atom. The summed E-state index contributed by atoms with van der Waals surface area (Å²) < 4.78 is 27.9. The molecule has 0 aliphatic rings.